The van der Waals surface area contributed by atoms with Crippen molar-refractivity contribution in [2.24, 2.45) is 10.8 Å². The van der Waals surface area contributed by atoms with Gasteiger partial charge in [-0.05, 0) is 0 Å². The summed E-state index contributed by atoms with van der Waals surface area (Å²) in [6.07, 6.45) is 5.22. The Hall–Kier alpha value is -1.96. The first-order valence-electron chi connectivity index (χ1n) is 26.0. The van der Waals surface area contributed by atoms with Crippen LogP contribution in [-0.4, -0.2) is 5.92 Å². The van der Waals surface area contributed by atoms with Gasteiger partial charge in [-0.3, -0.25) is 0 Å². The third kappa shape index (κ3) is 9.94. The molecule has 0 bridgehead atoms. The molecule has 0 radical (unpaired) electrons. The summed E-state index contributed by atoms with van der Waals surface area (Å²) in [5.74, 6) is -1.90. The van der Waals surface area contributed by atoms with Crippen LogP contribution >= 0.6 is 17.0 Å². The average molecular weight is 1050 g/mol. The first-order chi connectivity index (χ1) is 30.3. The van der Waals surface area contributed by atoms with Gasteiger partial charge in [0.15, 0.2) is 0 Å². The Bertz CT molecular complexity index is 2450. The fourth-order valence-electron chi connectivity index (χ4n) is 11.4. The summed E-state index contributed by atoms with van der Waals surface area (Å²) < 4.78 is -0.0995. The van der Waals surface area contributed by atoms with Gasteiger partial charge in [-0.15, -0.1) is 0 Å². The summed E-state index contributed by atoms with van der Waals surface area (Å²) in [7, 11) is 18.7. The van der Waals surface area contributed by atoms with E-state index in [0.717, 1.165) is 0 Å². The van der Waals surface area contributed by atoms with Crippen LogP contribution in [0.5, 0.6) is 0 Å². The zero-order valence-corrected chi connectivity index (χ0v) is 53.0. The number of benzene rings is 4. The number of fused-ring (bicyclic) bond motifs is 2. The molecule has 0 saturated heterocycles. The molecule has 371 valence electrons. The Kier molecular flexibility index (Phi) is 13.9. The minimum absolute atomic E-state index is 0.0182. The second kappa shape index (κ2) is 17.1. The van der Waals surface area contributed by atoms with Gasteiger partial charge in [0.1, 0.15) is 0 Å². The topological polar surface area (TPSA) is 0 Å². The predicted octanol–water partition coefficient (Wildman–Crippen LogP) is 20.5. The summed E-state index contributed by atoms with van der Waals surface area (Å²) in [6, 6.07) is 24.9. The number of hydrogen-bond donors (Lipinski definition) is 0. The summed E-state index contributed by atoms with van der Waals surface area (Å²) >= 11 is -5.34. The first-order valence-corrected chi connectivity index (χ1v) is 42.3. The zero-order chi connectivity index (χ0) is 51.9. The van der Waals surface area contributed by atoms with Gasteiger partial charge in [-0.25, -0.2) is 0 Å². The van der Waals surface area contributed by atoms with Crippen molar-refractivity contribution in [2.45, 2.75) is 219 Å². The monoisotopic (exact) mass is 1050 g/mol. The average Bonchev–Trinajstić information content (AvgIpc) is 3.76. The Morgan fingerprint density at radius 3 is 0.838 bits per heavy atom. The molecule has 6 rings (SSSR count). The van der Waals surface area contributed by atoms with Crippen LogP contribution in [0.4, 0.5) is 0 Å². The van der Waals surface area contributed by atoms with Gasteiger partial charge in [0.2, 0.25) is 0 Å². The number of allylic oxidation sites excluding steroid dienone is 2. The molecule has 68 heavy (non-hydrogen) atoms. The molecule has 2 aliphatic rings. The Morgan fingerprint density at radius 2 is 0.632 bits per heavy atom. The summed E-state index contributed by atoms with van der Waals surface area (Å²) in [5, 5.41) is 0. The third-order valence-corrected chi connectivity index (χ3v) is 67.4. The van der Waals surface area contributed by atoms with Gasteiger partial charge in [0.25, 0.3) is 0 Å². The molecule has 4 aromatic carbocycles. The van der Waals surface area contributed by atoms with Crippen molar-refractivity contribution in [2.75, 3.05) is 0 Å². The molecule has 0 spiro atoms. The minimum atomic E-state index is -5.34. The van der Waals surface area contributed by atoms with E-state index in [9.17, 15) is 17.0 Å². The number of rotatable bonds is 5. The summed E-state index contributed by atoms with van der Waals surface area (Å²) in [6.45, 7) is 62.1. The van der Waals surface area contributed by atoms with E-state index in [1.165, 1.54) is 89.0 Å². The van der Waals surface area contributed by atoms with Gasteiger partial charge in [-0.2, -0.15) is 0 Å². The van der Waals surface area contributed by atoms with E-state index in [1.807, 2.05) is 0 Å². The molecular formula is C64H93Cl2SiZr. The van der Waals surface area contributed by atoms with Crippen LogP contribution in [-0.2, 0) is 48.0 Å². The van der Waals surface area contributed by atoms with E-state index < -0.39 is 21.5 Å². The van der Waals surface area contributed by atoms with Crippen molar-refractivity contribution in [1.82, 2.24) is 0 Å². The Labute approximate surface area is 426 Å². The van der Waals surface area contributed by atoms with Crippen LogP contribution in [0.3, 0.4) is 0 Å². The van der Waals surface area contributed by atoms with Crippen molar-refractivity contribution < 1.29 is 15.6 Å². The molecule has 0 aliphatic heterocycles. The van der Waals surface area contributed by atoms with Gasteiger partial charge in [-0.1, -0.05) is 0 Å². The molecule has 2 aliphatic carbocycles. The summed E-state index contributed by atoms with van der Waals surface area (Å²) in [5.41, 5.74) is 21.2. The molecule has 0 aromatic heterocycles. The molecule has 2 unspecified atom stereocenters. The van der Waals surface area contributed by atoms with Crippen LogP contribution in [0.1, 0.15) is 229 Å². The van der Waals surface area contributed by atoms with E-state index in [0.29, 0.717) is 0 Å². The normalized spacial score (nSPS) is 18.3. The van der Waals surface area contributed by atoms with Crippen molar-refractivity contribution >= 4 is 35.1 Å². The number of halogens is 2. The van der Waals surface area contributed by atoms with E-state index >= 15 is 0 Å². The van der Waals surface area contributed by atoms with E-state index in [4.69, 9.17) is 0 Å². The van der Waals surface area contributed by atoms with Gasteiger partial charge in [0, 0.05) is 0 Å². The zero-order valence-electron chi connectivity index (χ0n) is 47.9. The van der Waals surface area contributed by atoms with Gasteiger partial charge < -0.3 is 0 Å². The van der Waals surface area contributed by atoms with Crippen LogP contribution < -0.4 is 0 Å². The van der Waals surface area contributed by atoms with Crippen LogP contribution in [0.25, 0.3) is 34.4 Å². The molecule has 0 nitrogen and oxygen atoms in total. The Balaban J connectivity index is 1.80. The molecule has 0 fully saturated rings. The van der Waals surface area contributed by atoms with Crippen LogP contribution in [0.2, 0.25) is 13.1 Å². The SMILES string of the molecule is C[SiH](C)[Zr]([Cl])([Cl])([CH]1C(C(C)(C)C)=Cc2c1ccc(C(C)(C)C)c2-c1cc(C(C)(C)C)cc(C(C)(C)C)c1)[CH]1C(C(C)(C)C)=Cc2c1ccc(C(C)(C)C)c2-c1cc(C(C)(C)C)cc(C(C)(C)C)c1. The standard InChI is InChI=1S/2C31H43.C2H7Si.2ClH.Zr/c2*1-28(2,3)22-16-21(17-23(18-22)29(4,5)6)27-25-19-24(30(7,8)9)15-20(25)13-14-26(27)31(10,11)12;1-3-2;;;/h2*13-19H,1-12H3;3H,1-2H3;2*1H;/q;;;;;+2/p-2. The second-order valence-corrected chi connectivity index (χ2v) is 72.5. The molecular weight excluding hydrogens is 959 g/mol. The van der Waals surface area contributed by atoms with E-state index in [-0.39, 0.29) is 50.6 Å². The van der Waals surface area contributed by atoms with Gasteiger partial charge in [0.05, 0.1) is 0 Å². The fraction of sp³-hybridized carbons (Fsp3) is 0.562. The molecule has 0 amide bonds. The molecule has 0 saturated carbocycles. The third-order valence-electron chi connectivity index (χ3n) is 15.9. The molecule has 4 aromatic rings. The molecule has 4 heteroatoms. The van der Waals surface area contributed by atoms with Crippen molar-refractivity contribution in [3.8, 4) is 22.3 Å². The molecule has 2 atom stereocenters. The maximum atomic E-state index is 9.35. The van der Waals surface area contributed by atoms with E-state index in [1.54, 1.807) is 0 Å². The van der Waals surface area contributed by atoms with Crippen molar-refractivity contribution in [3.63, 3.8) is 0 Å². The van der Waals surface area contributed by atoms with Crippen LogP contribution in [0, 0.1) is 10.8 Å². The first kappa shape index (κ1) is 55.4. The van der Waals surface area contributed by atoms with E-state index in [2.05, 4.69) is 252 Å². The van der Waals surface area contributed by atoms with Gasteiger partial charge >= 0.3 is 430 Å². The molecule has 0 N–H and O–H groups in total. The van der Waals surface area contributed by atoms with Crippen molar-refractivity contribution in [3.05, 3.63) is 127 Å². The second-order valence-electron chi connectivity index (χ2n) is 30.0. The number of hydrogen-bond acceptors (Lipinski definition) is 0. The van der Waals surface area contributed by atoms with Crippen LogP contribution in [0.15, 0.2) is 71.8 Å². The Morgan fingerprint density at radius 1 is 0.368 bits per heavy atom. The quantitative estimate of drug-likeness (QED) is 0.175. The predicted molar refractivity (Wildman–Crippen MR) is 307 cm³/mol. The fourth-order valence-corrected chi connectivity index (χ4v) is 42.8. The molecule has 0 heterocycles. The van der Waals surface area contributed by atoms with Crippen molar-refractivity contribution in [1.29, 1.82) is 0 Å². The summed E-state index contributed by atoms with van der Waals surface area (Å²) in [4.78, 5) is 0. The maximum absolute atomic E-state index is 9.35.